The molecule has 0 atom stereocenters. The average Bonchev–Trinajstić information content (AvgIpc) is 1.61. The van der Waals surface area contributed by atoms with Crippen molar-refractivity contribution in [3.05, 3.63) is 0 Å². The Morgan fingerprint density at radius 1 is 1.57 bits per heavy atom. The van der Waals surface area contributed by atoms with Gasteiger partial charge in [0, 0.05) is 12.9 Å². The van der Waals surface area contributed by atoms with E-state index in [0.29, 0.717) is 5.92 Å². The Hall–Kier alpha value is -0.660. The largest absolute Gasteiger partial charge is 0.167 e. The minimum atomic E-state index is 0.477. The second kappa shape index (κ2) is 3.53. The summed E-state index contributed by atoms with van der Waals surface area (Å²) in [6.45, 7) is 7.26. The van der Waals surface area contributed by atoms with Crippen molar-refractivity contribution in [1.29, 1.82) is 0 Å². The van der Waals surface area contributed by atoms with Gasteiger partial charge in [-0.3, -0.25) is 0 Å². The summed E-state index contributed by atoms with van der Waals surface area (Å²) in [5.41, 5.74) is 0. The van der Waals surface area contributed by atoms with Crippen LogP contribution in [-0.2, 0) is 0 Å². The Morgan fingerprint density at radius 3 is 2.29 bits per heavy atom. The normalized spacial score (nSPS) is 10.7. The zero-order chi connectivity index (χ0) is 5.70. The van der Waals surface area contributed by atoms with E-state index in [1.807, 2.05) is 13.8 Å². The van der Waals surface area contributed by atoms with Crippen LogP contribution in [0.5, 0.6) is 0 Å². The van der Waals surface area contributed by atoms with E-state index in [4.69, 9.17) is 0 Å². The van der Waals surface area contributed by atoms with Crippen LogP contribution in [0.15, 0.2) is 10.2 Å². The van der Waals surface area contributed by atoms with Crippen molar-refractivity contribution < 1.29 is 0 Å². The highest BCUT2D eigenvalue weighted by Crippen LogP contribution is 1.83. The third-order valence-electron chi connectivity index (χ3n) is 0.446. The van der Waals surface area contributed by atoms with Crippen LogP contribution in [0.3, 0.4) is 0 Å². The molecule has 0 saturated carbocycles. The van der Waals surface area contributed by atoms with Crippen molar-refractivity contribution in [2.24, 2.45) is 16.1 Å². The standard InChI is InChI=1S/C5H10N2/c1-5(2)4-7-6-3/h4-5H,3H2,1-2H3. The molecule has 0 heterocycles. The Morgan fingerprint density at radius 2 is 2.14 bits per heavy atom. The van der Waals surface area contributed by atoms with Gasteiger partial charge in [-0.1, -0.05) is 13.8 Å². The van der Waals surface area contributed by atoms with Gasteiger partial charge in [0.05, 0.1) is 0 Å². The van der Waals surface area contributed by atoms with Gasteiger partial charge in [-0.25, -0.2) is 0 Å². The molecule has 0 aliphatic carbocycles. The third kappa shape index (κ3) is 5.34. The first-order valence-electron chi connectivity index (χ1n) is 2.26. The Balaban J connectivity index is 3.25. The molecule has 0 aliphatic heterocycles. The van der Waals surface area contributed by atoms with E-state index in [1.54, 1.807) is 6.21 Å². The molecule has 2 heteroatoms. The van der Waals surface area contributed by atoms with Gasteiger partial charge in [0.15, 0.2) is 0 Å². The fourth-order valence-electron chi connectivity index (χ4n) is 0.180. The van der Waals surface area contributed by atoms with Crippen LogP contribution in [0.1, 0.15) is 13.8 Å². The number of nitrogens with zero attached hydrogens (tertiary/aromatic N) is 2. The lowest BCUT2D eigenvalue weighted by Crippen LogP contribution is -1.84. The molecule has 0 N–H and O–H groups in total. The first-order valence-corrected chi connectivity index (χ1v) is 2.26. The smallest absolute Gasteiger partial charge is 0.0295 e. The molecule has 0 radical (unpaired) electrons. The maximum absolute atomic E-state index is 3.56. The van der Waals surface area contributed by atoms with E-state index >= 15 is 0 Å². The van der Waals surface area contributed by atoms with Crippen LogP contribution in [0, 0.1) is 5.92 Å². The molecule has 0 aromatic carbocycles. The molecule has 0 rings (SSSR count). The minimum Gasteiger partial charge on any atom is -0.167 e. The summed E-state index contributed by atoms with van der Waals surface area (Å²) < 4.78 is 0. The number of rotatable bonds is 2. The van der Waals surface area contributed by atoms with Crippen LogP contribution < -0.4 is 0 Å². The second-order valence-electron chi connectivity index (χ2n) is 1.65. The SMILES string of the molecule is C=NN=CC(C)C. The lowest BCUT2D eigenvalue weighted by atomic mass is 10.3. The second-order valence-corrected chi connectivity index (χ2v) is 1.65. The number of hydrogen-bond acceptors (Lipinski definition) is 2. The summed E-state index contributed by atoms with van der Waals surface area (Å²) in [5, 5.41) is 6.86. The molecule has 2 nitrogen and oxygen atoms in total. The van der Waals surface area contributed by atoms with Gasteiger partial charge in [0.25, 0.3) is 0 Å². The molecule has 0 amide bonds. The van der Waals surface area contributed by atoms with Gasteiger partial charge in [-0.2, -0.15) is 10.2 Å². The van der Waals surface area contributed by atoms with E-state index in [1.165, 1.54) is 0 Å². The summed E-state index contributed by atoms with van der Waals surface area (Å²) in [5.74, 6) is 0.477. The maximum Gasteiger partial charge on any atom is 0.0295 e. The molecule has 0 aliphatic rings. The van der Waals surface area contributed by atoms with E-state index in [-0.39, 0.29) is 0 Å². The van der Waals surface area contributed by atoms with Crippen molar-refractivity contribution in [3.8, 4) is 0 Å². The molecular formula is C5H10N2. The van der Waals surface area contributed by atoms with Gasteiger partial charge in [-0.15, -0.1) is 0 Å². The molecular weight excluding hydrogens is 88.1 g/mol. The zero-order valence-electron chi connectivity index (χ0n) is 4.76. The predicted octanol–water partition coefficient (Wildman–Crippen LogP) is 1.33. The van der Waals surface area contributed by atoms with Crippen LogP contribution in [0.2, 0.25) is 0 Å². The van der Waals surface area contributed by atoms with Crippen molar-refractivity contribution in [3.63, 3.8) is 0 Å². The zero-order valence-corrected chi connectivity index (χ0v) is 4.76. The first kappa shape index (κ1) is 6.34. The Kier molecular flexibility index (Phi) is 3.19. The number of hydrogen-bond donors (Lipinski definition) is 0. The summed E-state index contributed by atoms with van der Waals surface area (Å²) in [6, 6.07) is 0. The topological polar surface area (TPSA) is 24.7 Å². The van der Waals surface area contributed by atoms with E-state index in [2.05, 4.69) is 16.9 Å². The lowest BCUT2D eigenvalue weighted by Gasteiger charge is -1.85. The summed E-state index contributed by atoms with van der Waals surface area (Å²) >= 11 is 0. The molecule has 0 unspecified atom stereocenters. The summed E-state index contributed by atoms with van der Waals surface area (Å²) in [7, 11) is 0. The molecule has 0 aromatic heterocycles. The van der Waals surface area contributed by atoms with Gasteiger partial charge in [-0.05, 0) is 5.92 Å². The van der Waals surface area contributed by atoms with E-state index in [9.17, 15) is 0 Å². The highest BCUT2D eigenvalue weighted by atomic mass is 15.2. The molecule has 7 heavy (non-hydrogen) atoms. The quantitative estimate of drug-likeness (QED) is 0.367. The molecule has 0 fully saturated rings. The molecule has 0 bridgehead atoms. The highest BCUT2D eigenvalue weighted by Gasteiger charge is 1.79. The van der Waals surface area contributed by atoms with Crippen molar-refractivity contribution in [1.82, 2.24) is 0 Å². The highest BCUT2D eigenvalue weighted by molar-refractivity contribution is 5.59. The first-order chi connectivity index (χ1) is 3.27. The van der Waals surface area contributed by atoms with E-state index < -0.39 is 0 Å². The lowest BCUT2D eigenvalue weighted by molar-refractivity contribution is 0.900. The fraction of sp³-hybridized carbons (Fsp3) is 0.600. The van der Waals surface area contributed by atoms with E-state index in [0.717, 1.165) is 0 Å². The third-order valence-corrected chi connectivity index (χ3v) is 0.446. The van der Waals surface area contributed by atoms with Crippen LogP contribution in [0.4, 0.5) is 0 Å². The molecule has 0 spiro atoms. The monoisotopic (exact) mass is 98.1 g/mol. The van der Waals surface area contributed by atoms with Crippen LogP contribution in [0.25, 0.3) is 0 Å². The van der Waals surface area contributed by atoms with Crippen molar-refractivity contribution in [2.45, 2.75) is 13.8 Å². The molecule has 40 valence electrons. The van der Waals surface area contributed by atoms with Gasteiger partial charge >= 0.3 is 0 Å². The fourth-order valence-corrected chi connectivity index (χ4v) is 0.180. The van der Waals surface area contributed by atoms with Gasteiger partial charge < -0.3 is 0 Å². The van der Waals surface area contributed by atoms with Crippen molar-refractivity contribution in [2.75, 3.05) is 0 Å². The van der Waals surface area contributed by atoms with Gasteiger partial charge in [0.1, 0.15) is 0 Å². The van der Waals surface area contributed by atoms with Gasteiger partial charge in [0.2, 0.25) is 0 Å². The minimum absolute atomic E-state index is 0.477. The van der Waals surface area contributed by atoms with Crippen molar-refractivity contribution >= 4 is 12.9 Å². The Labute approximate surface area is 44.0 Å². The molecule has 0 saturated heterocycles. The van der Waals surface area contributed by atoms with Crippen LogP contribution >= 0.6 is 0 Å². The predicted molar refractivity (Wildman–Crippen MR) is 32.9 cm³/mol. The van der Waals surface area contributed by atoms with Crippen LogP contribution in [-0.4, -0.2) is 12.9 Å². The maximum atomic E-state index is 3.56. The average molecular weight is 98.1 g/mol. The molecule has 0 aromatic rings. The summed E-state index contributed by atoms with van der Waals surface area (Å²) in [4.78, 5) is 0. The Bertz CT molecular complexity index is 74.1. The summed E-state index contributed by atoms with van der Waals surface area (Å²) in [6.07, 6.45) is 1.74.